The standard InChI is InChI=1S/C33H45N7O16/c34-24(41)16-22(32(51)52)38-25(42)7-3-1-5-11-35-29(47)18-13-19(15-20(14-18)40(55)56)30(48)36-12-6-2-4-8-26(43)39-23(33(53)54)17-27(44)37-21(31(49)50)9-10-28(45)46/h13-15,21-23H,1-12,16-17H2,(H2,34,41)(H,35,47)(H,36,48)(H,37,44)(H,38,42)(H,39,43)(H,45,46)(H,49,50)(H,51,52)(H,53,54)/t21-,22+,23+/m0/s1. The highest BCUT2D eigenvalue weighted by molar-refractivity contribution is 6.00. The summed E-state index contributed by atoms with van der Waals surface area (Å²) in [6, 6.07) is -1.58. The number of carboxylic acids is 4. The Morgan fingerprint density at radius 2 is 1.02 bits per heavy atom. The van der Waals surface area contributed by atoms with Gasteiger partial charge in [-0.1, -0.05) is 12.8 Å². The van der Waals surface area contributed by atoms with Crippen LogP contribution in [-0.2, 0) is 38.4 Å². The van der Waals surface area contributed by atoms with Crippen LogP contribution in [0.2, 0.25) is 0 Å². The van der Waals surface area contributed by atoms with E-state index in [9.17, 15) is 63.2 Å². The minimum absolute atomic E-state index is 0.0519. The average Bonchev–Trinajstić information content (AvgIpc) is 3.11. The van der Waals surface area contributed by atoms with Crippen LogP contribution in [-0.4, -0.2) is 116 Å². The van der Waals surface area contributed by atoms with Gasteiger partial charge in [0.1, 0.15) is 18.1 Å². The summed E-state index contributed by atoms with van der Waals surface area (Å²) in [5.41, 5.74) is 4.11. The first-order chi connectivity index (χ1) is 26.3. The smallest absolute Gasteiger partial charge is 0.326 e. The second-order valence-corrected chi connectivity index (χ2v) is 12.3. The first-order valence-electron chi connectivity index (χ1n) is 17.2. The Hall–Kier alpha value is -6.68. The number of unbranched alkanes of at least 4 members (excludes halogenated alkanes) is 4. The van der Waals surface area contributed by atoms with Crippen molar-refractivity contribution in [3.8, 4) is 0 Å². The monoisotopic (exact) mass is 795 g/mol. The van der Waals surface area contributed by atoms with Crippen LogP contribution in [0.15, 0.2) is 18.2 Å². The second kappa shape index (κ2) is 24.6. The van der Waals surface area contributed by atoms with Crippen molar-refractivity contribution in [3.63, 3.8) is 0 Å². The van der Waals surface area contributed by atoms with Gasteiger partial charge in [0, 0.05) is 55.6 Å². The lowest BCUT2D eigenvalue weighted by Crippen LogP contribution is -2.47. The van der Waals surface area contributed by atoms with Crippen LogP contribution in [0.5, 0.6) is 0 Å². The molecule has 0 bridgehead atoms. The molecule has 1 aromatic carbocycles. The van der Waals surface area contributed by atoms with E-state index >= 15 is 0 Å². The van der Waals surface area contributed by atoms with E-state index in [1.54, 1.807) is 0 Å². The maximum absolute atomic E-state index is 12.8. The van der Waals surface area contributed by atoms with E-state index in [2.05, 4.69) is 21.3 Å². The van der Waals surface area contributed by atoms with Crippen LogP contribution in [0.25, 0.3) is 0 Å². The fourth-order valence-electron chi connectivity index (χ4n) is 4.86. The van der Waals surface area contributed by atoms with E-state index in [1.165, 1.54) is 0 Å². The van der Waals surface area contributed by atoms with E-state index in [0.717, 1.165) is 18.2 Å². The van der Waals surface area contributed by atoms with Crippen molar-refractivity contribution >= 4 is 65.0 Å². The molecule has 23 nitrogen and oxygen atoms in total. The van der Waals surface area contributed by atoms with Gasteiger partial charge >= 0.3 is 23.9 Å². The predicted octanol–water partition coefficient (Wildman–Crippen LogP) is -0.986. The van der Waals surface area contributed by atoms with Crippen molar-refractivity contribution in [1.29, 1.82) is 0 Å². The predicted molar refractivity (Wildman–Crippen MR) is 189 cm³/mol. The van der Waals surface area contributed by atoms with Gasteiger partial charge in [-0.05, 0) is 38.2 Å². The van der Waals surface area contributed by atoms with E-state index in [-0.39, 0.29) is 43.5 Å². The minimum atomic E-state index is -1.69. The lowest BCUT2D eigenvalue weighted by Gasteiger charge is -2.17. The molecule has 0 unspecified atom stereocenters. The lowest BCUT2D eigenvalue weighted by molar-refractivity contribution is -0.384. The number of nitrogens with one attached hydrogen (secondary N) is 5. The molecule has 23 heteroatoms. The van der Waals surface area contributed by atoms with Crippen molar-refractivity contribution in [3.05, 3.63) is 39.4 Å². The third-order valence-corrected chi connectivity index (χ3v) is 7.73. The molecule has 0 saturated heterocycles. The number of nitrogens with zero attached hydrogens (tertiary/aromatic N) is 1. The maximum atomic E-state index is 12.8. The Morgan fingerprint density at radius 3 is 1.41 bits per heavy atom. The number of carbonyl (C=O) groups is 10. The highest BCUT2D eigenvalue weighted by atomic mass is 16.6. The summed E-state index contributed by atoms with van der Waals surface area (Å²) in [5, 5.41) is 59.3. The molecule has 6 amide bonds. The van der Waals surface area contributed by atoms with Gasteiger partial charge in [0.15, 0.2) is 0 Å². The van der Waals surface area contributed by atoms with Gasteiger partial charge in [-0.2, -0.15) is 0 Å². The van der Waals surface area contributed by atoms with Gasteiger partial charge in [0.2, 0.25) is 23.6 Å². The summed E-state index contributed by atoms with van der Waals surface area (Å²) in [6.07, 6.45) is -0.533. The zero-order valence-corrected chi connectivity index (χ0v) is 30.1. The number of primary amides is 1. The van der Waals surface area contributed by atoms with E-state index in [4.69, 9.17) is 21.1 Å². The molecule has 0 spiro atoms. The summed E-state index contributed by atoms with van der Waals surface area (Å²) in [4.78, 5) is 128. The van der Waals surface area contributed by atoms with Crippen LogP contribution in [0.1, 0.15) is 97.8 Å². The SMILES string of the molecule is NC(=O)C[C@@H](NC(=O)CCCCCNC(=O)c1cc(C(=O)NCCCCCC(=O)N[C@H](CC(=O)N[C@@H](CCC(=O)O)C(=O)O)C(=O)O)cc([N+](=O)[O-])c1)C(=O)O. The Morgan fingerprint density at radius 1 is 0.589 bits per heavy atom. The molecule has 0 radical (unpaired) electrons. The number of carbonyl (C=O) groups excluding carboxylic acids is 6. The van der Waals surface area contributed by atoms with Crippen molar-refractivity contribution in [2.45, 2.75) is 95.2 Å². The van der Waals surface area contributed by atoms with E-state index < -0.39 is 114 Å². The van der Waals surface area contributed by atoms with Crippen molar-refractivity contribution < 1.29 is 73.3 Å². The van der Waals surface area contributed by atoms with Crippen LogP contribution in [0, 0.1) is 10.1 Å². The van der Waals surface area contributed by atoms with Gasteiger partial charge in [-0.25, -0.2) is 14.4 Å². The number of carboxylic acid groups (broad SMARTS) is 4. The van der Waals surface area contributed by atoms with Crippen molar-refractivity contribution in [2.24, 2.45) is 5.73 Å². The molecule has 0 aliphatic heterocycles. The van der Waals surface area contributed by atoms with Crippen molar-refractivity contribution in [1.82, 2.24) is 26.6 Å². The summed E-state index contributed by atoms with van der Waals surface area (Å²) < 4.78 is 0. The van der Waals surface area contributed by atoms with Gasteiger partial charge < -0.3 is 52.7 Å². The molecule has 0 saturated carbocycles. The second-order valence-electron chi connectivity index (χ2n) is 12.3. The lowest BCUT2D eigenvalue weighted by atomic mass is 10.1. The minimum Gasteiger partial charge on any atom is -0.481 e. The number of non-ortho nitro benzene ring substituents is 1. The van der Waals surface area contributed by atoms with Gasteiger partial charge in [-0.15, -0.1) is 0 Å². The Bertz CT molecular complexity index is 1650. The summed E-state index contributed by atoms with van der Waals surface area (Å²) >= 11 is 0. The largest absolute Gasteiger partial charge is 0.481 e. The molecule has 0 aliphatic carbocycles. The third kappa shape index (κ3) is 19.4. The third-order valence-electron chi connectivity index (χ3n) is 7.73. The van der Waals surface area contributed by atoms with E-state index in [0.29, 0.717) is 32.1 Å². The number of amides is 6. The van der Waals surface area contributed by atoms with Crippen LogP contribution in [0.4, 0.5) is 5.69 Å². The molecule has 0 heterocycles. The number of nitrogens with two attached hydrogens (primary N) is 1. The Kier molecular flexibility index (Phi) is 20.8. The first kappa shape index (κ1) is 47.3. The quantitative estimate of drug-likeness (QED) is 0.0277. The number of rotatable bonds is 28. The highest BCUT2D eigenvalue weighted by Crippen LogP contribution is 2.18. The average molecular weight is 796 g/mol. The normalized spacial score (nSPS) is 12.1. The molecule has 1 aromatic rings. The molecule has 0 fully saturated rings. The number of benzene rings is 1. The van der Waals surface area contributed by atoms with Crippen molar-refractivity contribution in [2.75, 3.05) is 13.1 Å². The van der Waals surface area contributed by atoms with Crippen LogP contribution in [0.3, 0.4) is 0 Å². The number of aliphatic carboxylic acids is 4. The zero-order chi connectivity index (χ0) is 42.4. The number of nitro groups is 1. The summed E-state index contributed by atoms with van der Waals surface area (Å²) in [5.74, 6) is -10.5. The molecule has 308 valence electrons. The van der Waals surface area contributed by atoms with Gasteiger partial charge in [0.05, 0.1) is 17.8 Å². The zero-order valence-electron chi connectivity index (χ0n) is 30.1. The van der Waals surface area contributed by atoms with E-state index in [1.807, 2.05) is 5.32 Å². The molecule has 3 atom stereocenters. The first-order valence-corrected chi connectivity index (χ1v) is 17.2. The topological polar surface area (TPSA) is 381 Å². The molecule has 1 rings (SSSR count). The van der Waals surface area contributed by atoms with Crippen LogP contribution < -0.4 is 32.3 Å². The van der Waals surface area contributed by atoms with Gasteiger partial charge in [-0.3, -0.25) is 43.7 Å². The highest BCUT2D eigenvalue weighted by Gasteiger charge is 2.27. The molecule has 11 N–H and O–H groups in total. The fraction of sp³-hybridized carbons (Fsp3) is 0.515. The summed E-state index contributed by atoms with van der Waals surface area (Å²) in [7, 11) is 0. The Labute approximate surface area is 318 Å². The molecule has 56 heavy (non-hydrogen) atoms. The molecular weight excluding hydrogens is 750 g/mol. The summed E-state index contributed by atoms with van der Waals surface area (Å²) in [6.45, 7) is 0.174. The van der Waals surface area contributed by atoms with Gasteiger partial charge in [0.25, 0.3) is 17.5 Å². The fourth-order valence-corrected chi connectivity index (χ4v) is 4.86. The number of hydrogen-bond donors (Lipinski definition) is 10. The van der Waals surface area contributed by atoms with Crippen LogP contribution >= 0.6 is 0 Å². The Balaban J connectivity index is 2.54. The molecular formula is C33H45N7O16. The maximum Gasteiger partial charge on any atom is 0.326 e. The molecule has 0 aliphatic rings. The molecule has 0 aromatic heterocycles. The number of hydrogen-bond acceptors (Lipinski definition) is 12. The number of nitro benzene ring substituents is 1.